The zero-order valence-electron chi connectivity index (χ0n) is 7.80. The molecule has 68 valence electrons. The molecule has 1 atom stereocenters. The highest BCUT2D eigenvalue weighted by Gasteiger charge is 2.16. The monoisotopic (exact) mass is 175 g/mol. The van der Waals surface area contributed by atoms with E-state index in [2.05, 4.69) is 16.0 Å². The molecule has 1 aliphatic rings. The highest BCUT2D eigenvalue weighted by Crippen LogP contribution is 2.21. The lowest BCUT2D eigenvalue weighted by Crippen LogP contribution is -2.00. The Labute approximate surface area is 77.8 Å². The van der Waals surface area contributed by atoms with Gasteiger partial charge in [0.25, 0.3) is 0 Å². The van der Waals surface area contributed by atoms with Crippen LogP contribution in [0.1, 0.15) is 42.9 Å². The van der Waals surface area contributed by atoms with E-state index in [1.165, 1.54) is 24.2 Å². The lowest BCUT2D eigenvalue weighted by molar-refractivity contribution is 0.667. The normalized spacial score (nSPS) is 17.5. The number of aromatic nitrogens is 2. The van der Waals surface area contributed by atoms with E-state index in [1.54, 1.807) is 0 Å². The molecule has 0 aromatic carbocycles. The van der Waals surface area contributed by atoms with Gasteiger partial charge in [-0.25, -0.2) is 4.98 Å². The smallest absolute Gasteiger partial charge is 0.123 e. The van der Waals surface area contributed by atoms with Crippen molar-refractivity contribution in [1.82, 2.24) is 9.97 Å². The SMILES string of the molecule is CC(C#N)c1nc2c([nH]1)CCCC2. The van der Waals surface area contributed by atoms with Gasteiger partial charge >= 0.3 is 0 Å². The zero-order chi connectivity index (χ0) is 9.26. The highest BCUT2D eigenvalue weighted by atomic mass is 14.9. The quantitative estimate of drug-likeness (QED) is 0.708. The maximum Gasteiger partial charge on any atom is 0.123 e. The summed E-state index contributed by atoms with van der Waals surface area (Å²) in [5, 5.41) is 8.74. The maximum atomic E-state index is 8.74. The Morgan fingerprint density at radius 3 is 2.92 bits per heavy atom. The number of fused-ring (bicyclic) bond motifs is 1. The molecule has 1 heterocycles. The molecular formula is C10H13N3. The summed E-state index contributed by atoms with van der Waals surface area (Å²) in [6, 6.07) is 2.20. The molecular weight excluding hydrogens is 162 g/mol. The number of aryl methyl sites for hydroxylation is 2. The van der Waals surface area contributed by atoms with Crippen LogP contribution in [0.25, 0.3) is 0 Å². The van der Waals surface area contributed by atoms with E-state index in [9.17, 15) is 0 Å². The molecule has 1 aromatic rings. The summed E-state index contributed by atoms with van der Waals surface area (Å²) in [5.74, 6) is 0.736. The molecule has 1 unspecified atom stereocenters. The van der Waals surface area contributed by atoms with Gasteiger partial charge in [-0.3, -0.25) is 0 Å². The van der Waals surface area contributed by atoms with Crippen molar-refractivity contribution in [3.05, 3.63) is 17.2 Å². The molecule has 0 aliphatic heterocycles. The van der Waals surface area contributed by atoms with Crippen LogP contribution in [0, 0.1) is 11.3 Å². The largest absolute Gasteiger partial charge is 0.345 e. The van der Waals surface area contributed by atoms with Gasteiger partial charge in [0, 0.05) is 5.69 Å². The molecule has 1 aliphatic carbocycles. The molecule has 1 aromatic heterocycles. The summed E-state index contributed by atoms with van der Waals surface area (Å²) >= 11 is 0. The first-order chi connectivity index (χ1) is 6.31. The van der Waals surface area contributed by atoms with E-state index < -0.39 is 0 Å². The van der Waals surface area contributed by atoms with Gasteiger partial charge in [-0.2, -0.15) is 5.26 Å². The Bertz CT molecular complexity index is 322. The number of imidazole rings is 1. The van der Waals surface area contributed by atoms with Crippen LogP contribution in [0.2, 0.25) is 0 Å². The van der Waals surface area contributed by atoms with E-state index in [1.807, 2.05) is 6.92 Å². The summed E-state index contributed by atoms with van der Waals surface area (Å²) in [4.78, 5) is 7.69. The van der Waals surface area contributed by atoms with Gasteiger partial charge < -0.3 is 4.98 Å². The van der Waals surface area contributed by atoms with Crippen molar-refractivity contribution in [3.8, 4) is 6.07 Å². The van der Waals surface area contributed by atoms with E-state index >= 15 is 0 Å². The van der Waals surface area contributed by atoms with Gasteiger partial charge in [0.1, 0.15) is 11.7 Å². The van der Waals surface area contributed by atoms with Gasteiger partial charge in [0.15, 0.2) is 0 Å². The molecule has 1 N–H and O–H groups in total. The number of nitrogens with zero attached hydrogens (tertiary/aromatic N) is 2. The molecule has 0 saturated heterocycles. The Kier molecular flexibility index (Phi) is 2.05. The number of nitrogens with one attached hydrogen (secondary N) is 1. The summed E-state index contributed by atoms with van der Waals surface area (Å²) < 4.78 is 0. The van der Waals surface area contributed by atoms with Gasteiger partial charge in [-0.05, 0) is 32.6 Å². The minimum atomic E-state index is -0.106. The predicted molar refractivity (Wildman–Crippen MR) is 49.3 cm³/mol. The lowest BCUT2D eigenvalue weighted by Gasteiger charge is -2.07. The van der Waals surface area contributed by atoms with Crippen LogP contribution in [0.15, 0.2) is 0 Å². The van der Waals surface area contributed by atoms with E-state index in [0.29, 0.717) is 0 Å². The van der Waals surface area contributed by atoms with Gasteiger partial charge in [0.2, 0.25) is 0 Å². The van der Waals surface area contributed by atoms with Crippen molar-refractivity contribution in [2.45, 2.75) is 38.5 Å². The molecule has 0 amide bonds. The molecule has 0 fully saturated rings. The number of H-pyrrole nitrogens is 1. The van der Waals surface area contributed by atoms with Crippen LogP contribution in [0.5, 0.6) is 0 Å². The van der Waals surface area contributed by atoms with Crippen molar-refractivity contribution >= 4 is 0 Å². The first-order valence-electron chi connectivity index (χ1n) is 4.78. The molecule has 2 rings (SSSR count). The Morgan fingerprint density at radius 1 is 1.46 bits per heavy atom. The average Bonchev–Trinajstić information content (AvgIpc) is 2.59. The minimum Gasteiger partial charge on any atom is -0.345 e. The lowest BCUT2D eigenvalue weighted by atomic mass is 10.0. The number of hydrogen-bond acceptors (Lipinski definition) is 2. The summed E-state index contributed by atoms with van der Waals surface area (Å²) in [6.45, 7) is 1.88. The van der Waals surface area contributed by atoms with E-state index in [-0.39, 0.29) is 5.92 Å². The van der Waals surface area contributed by atoms with Crippen molar-refractivity contribution in [2.24, 2.45) is 0 Å². The fraction of sp³-hybridized carbons (Fsp3) is 0.600. The third-order valence-electron chi connectivity index (χ3n) is 2.58. The molecule has 3 nitrogen and oxygen atoms in total. The fourth-order valence-corrected chi connectivity index (χ4v) is 1.74. The summed E-state index contributed by atoms with van der Waals surface area (Å²) in [7, 11) is 0. The van der Waals surface area contributed by atoms with E-state index in [0.717, 1.165) is 18.7 Å². The van der Waals surface area contributed by atoms with Crippen molar-refractivity contribution in [2.75, 3.05) is 0 Å². The Balaban J connectivity index is 2.31. The molecule has 3 heteroatoms. The van der Waals surface area contributed by atoms with Crippen molar-refractivity contribution < 1.29 is 0 Å². The summed E-state index contributed by atoms with van der Waals surface area (Å²) in [5.41, 5.74) is 2.44. The first kappa shape index (κ1) is 8.31. The second-order valence-electron chi connectivity index (χ2n) is 3.61. The molecule has 13 heavy (non-hydrogen) atoms. The molecule has 0 spiro atoms. The second kappa shape index (κ2) is 3.21. The second-order valence-corrected chi connectivity index (χ2v) is 3.61. The highest BCUT2D eigenvalue weighted by molar-refractivity contribution is 5.21. The van der Waals surface area contributed by atoms with Crippen LogP contribution in [0.3, 0.4) is 0 Å². The topological polar surface area (TPSA) is 52.5 Å². The standard InChI is InChI=1S/C10H13N3/c1-7(6-11)10-12-8-4-2-3-5-9(8)13-10/h7H,2-5H2,1H3,(H,12,13). The van der Waals surface area contributed by atoms with Gasteiger partial charge in [0.05, 0.1) is 11.8 Å². The Morgan fingerprint density at radius 2 is 2.23 bits per heavy atom. The van der Waals surface area contributed by atoms with E-state index in [4.69, 9.17) is 5.26 Å². The van der Waals surface area contributed by atoms with Gasteiger partial charge in [-0.15, -0.1) is 0 Å². The number of aromatic amines is 1. The number of nitriles is 1. The zero-order valence-corrected chi connectivity index (χ0v) is 7.80. The average molecular weight is 175 g/mol. The third-order valence-corrected chi connectivity index (χ3v) is 2.58. The fourth-order valence-electron chi connectivity index (χ4n) is 1.74. The minimum absolute atomic E-state index is 0.106. The predicted octanol–water partition coefficient (Wildman–Crippen LogP) is 1.92. The first-order valence-corrected chi connectivity index (χ1v) is 4.78. The van der Waals surface area contributed by atoms with Crippen LogP contribution in [-0.2, 0) is 12.8 Å². The maximum absolute atomic E-state index is 8.74. The molecule has 0 bridgehead atoms. The number of hydrogen-bond donors (Lipinski definition) is 1. The van der Waals surface area contributed by atoms with Gasteiger partial charge in [-0.1, -0.05) is 0 Å². The van der Waals surface area contributed by atoms with Crippen LogP contribution in [-0.4, -0.2) is 9.97 Å². The number of rotatable bonds is 1. The molecule has 0 saturated carbocycles. The summed E-state index contributed by atoms with van der Waals surface area (Å²) in [6.07, 6.45) is 4.65. The third kappa shape index (κ3) is 1.44. The van der Waals surface area contributed by atoms with Crippen molar-refractivity contribution in [1.29, 1.82) is 5.26 Å². The van der Waals surface area contributed by atoms with Crippen LogP contribution < -0.4 is 0 Å². The molecule has 0 radical (unpaired) electrons. The van der Waals surface area contributed by atoms with Crippen LogP contribution >= 0.6 is 0 Å². The van der Waals surface area contributed by atoms with Crippen LogP contribution in [0.4, 0.5) is 0 Å². The van der Waals surface area contributed by atoms with Crippen molar-refractivity contribution in [3.63, 3.8) is 0 Å². The Hall–Kier alpha value is -1.30.